The summed E-state index contributed by atoms with van der Waals surface area (Å²) < 4.78 is 0. The Bertz CT molecular complexity index is 751. The number of hydrogen-bond donors (Lipinski definition) is 0. The van der Waals surface area contributed by atoms with Gasteiger partial charge in [-0.25, -0.2) is 4.98 Å². The average Bonchev–Trinajstić information content (AvgIpc) is 3.22. The Hall–Kier alpha value is -2.45. The van der Waals surface area contributed by atoms with E-state index >= 15 is 0 Å². The second kappa shape index (κ2) is 12.0. The van der Waals surface area contributed by atoms with Crippen LogP contribution in [0.3, 0.4) is 0 Å². The van der Waals surface area contributed by atoms with Gasteiger partial charge < -0.3 is 4.90 Å². The molecule has 27 heavy (non-hydrogen) atoms. The molecule has 0 spiro atoms. The van der Waals surface area contributed by atoms with Crippen LogP contribution in [0.1, 0.15) is 52.0 Å². The molecule has 0 N–H and O–H groups in total. The number of rotatable bonds is 6. The van der Waals surface area contributed by atoms with Crippen LogP contribution in [0.2, 0.25) is 0 Å². The first-order valence-electron chi connectivity index (χ1n) is 9.46. The van der Waals surface area contributed by atoms with Gasteiger partial charge in [-0.2, -0.15) is 5.26 Å². The first-order valence-corrected chi connectivity index (χ1v) is 10.3. The van der Waals surface area contributed by atoms with E-state index in [1.807, 2.05) is 43.2 Å². The van der Waals surface area contributed by atoms with E-state index < -0.39 is 0 Å². The van der Waals surface area contributed by atoms with E-state index in [-0.39, 0.29) is 17.5 Å². The lowest BCUT2D eigenvalue weighted by molar-refractivity contribution is -0.128. The fourth-order valence-corrected chi connectivity index (χ4v) is 3.66. The van der Waals surface area contributed by atoms with Crippen molar-refractivity contribution in [1.82, 2.24) is 9.88 Å². The van der Waals surface area contributed by atoms with Crippen molar-refractivity contribution in [3.8, 4) is 6.07 Å². The molecule has 0 fully saturated rings. The average molecular weight is 384 g/mol. The SMILES string of the molecule is C=CC1=C(/C=C\C)C(CCC)N(C(=O)/C(C#N)=C/c2nccs2)CC1.CC. The largest absolute Gasteiger partial charge is 0.331 e. The number of carbonyl (C=O) groups is 1. The molecule has 0 radical (unpaired) electrons. The molecule has 2 heterocycles. The minimum absolute atomic E-state index is 0.0245. The van der Waals surface area contributed by atoms with Gasteiger partial charge in [-0.15, -0.1) is 11.3 Å². The number of amides is 1. The van der Waals surface area contributed by atoms with Crippen LogP contribution < -0.4 is 0 Å². The molecule has 1 aliphatic rings. The van der Waals surface area contributed by atoms with Gasteiger partial charge in [0.2, 0.25) is 0 Å². The number of aromatic nitrogens is 1. The van der Waals surface area contributed by atoms with Gasteiger partial charge in [-0.05, 0) is 37.0 Å². The summed E-state index contributed by atoms with van der Waals surface area (Å²) in [5, 5.41) is 12.0. The predicted molar refractivity (Wildman–Crippen MR) is 114 cm³/mol. The fourth-order valence-electron chi connectivity index (χ4n) is 3.09. The van der Waals surface area contributed by atoms with Crippen molar-refractivity contribution < 1.29 is 4.79 Å². The van der Waals surface area contributed by atoms with Crippen molar-refractivity contribution in [1.29, 1.82) is 5.26 Å². The highest BCUT2D eigenvalue weighted by Crippen LogP contribution is 2.30. The summed E-state index contributed by atoms with van der Waals surface area (Å²) in [6.45, 7) is 12.6. The second-order valence-corrected chi connectivity index (χ2v) is 6.70. The van der Waals surface area contributed by atoms with Crippen LogP contribution in [-0.2, 0) is 4.79 Å². The Morgan fingerprint density at radius 1 is 1.52 bits per heavy atom. The quantitative estimate of drug-likeness (QED) is 0.479. The summed E-state index contributed by atoms with van der Waals surface area (Å²) in [6, 6.07) is 2.03. The summed E-state index contributed by atoms with van der Waals surface area (Å²) >= 11 is 1.41. The van der Waals surface area contributed by atoms with Gasteiger partial charge in [0, 0.05) is 18.1 Å². The fraction of sp³-hybridized carbons (Fsp3) is 0.409. The second-order valence-electron chi connectivity index (χ2n) is 5.78. The van der Waals surface area contributed by atoms with Gasteiger partial charge in [-0.1, -0.05) is 52.0 Å². The minimum atomic E-state index is -0.221. The topological polar surface area (TPSA) is 57.0 Å². The van der Waals surface area contributed by atoms with Gasteiger partial charge in [-0.3, -0.25) is 4.79 Å². The van der Waals surface area contributed by atoms with Crippen LogP contribution in [0.4, 0.5) is 0 Å². The lowest BCUT2D eigenvalue weighted by Crippen LogP contribution is -2.45. The zero-order valence-electron chi connectivity index (χ0n) is 16.7. The summed E-state index contributed by atoms with van der Waals surface area (Å²) in [5.41, 5.74) is 2.45. The molecular weight excluding hydrogens is 354 g/mol. The van der Waals surface area contributed by atoms with Crippen LogP contribution in [0.25, 0.3) is 6.08 Å². The van der Waals surface area contributed by atoms with E-state index in [1.165, 1.54) is 16.9 Å². The number of nitrogens with zero attached hydrogens (tertiary/aromatic N) is 3. The summed E-state index contributed by atoms with van der Waals surface area (Å²) in [7, 11) is 0. The zero-order chi connectivity index (χ0) is 20.2. The van der Waals surface area contributed by atoms with Crippen LogP contribution in [-0.4, -0.2) is 28.4 Å². The van der Waals surface area contributed by atoms with Gasteiger partial charge in [0.25, 0.3) is 5.91 Å². The van der Waals surface area contributed by atoms with Gasteiger partial charge >= 0.3 is 0 Å². The van der Waals surface area contributed by atoms with Crippen molar-refractivity contribution in [3.63, 3.8) is 0 Å². The van der Waals surface area contributed by atoms with Gasteiger partial charge in [0.1, 0.15) is 16.6 Å². The molecule has 0 aromatic carbocycles. The summed E-state index contributed by atoms with van der Waals surface area (Å²) in [4.78, 5) is 19.0. The third-order valence-corrected chi connectivity index (χ3v) is 4.94. The van der Waals surface area contributed by atoms with Crippen LogP contribution in [0, 0.1) is 11.3 Å². The Kier molecular flexibility index (Phi) is 10.1. The molecule has 4 nitrogen and oxygen atoms in total. The highest BCUT2D eigenvalue weighted by Gasteiger charge is 2.31. The molecule has 1 aromatic heterocycles. The number of allylic oxidation sites excluding steroid dienone is 2. The number of hydrogen-bond acceptors (Lipinski definition) is 4. The molecule has 0 bridgehead atoms. The molecule has 1 aliphatic heterocycles. The Labute approximate surface area is 167 Å². The van der Waals surface area contributed by atoms with E-state index in [0.29, 0.717) is 11.6 Å². The lowest BCUT2D eigenvalue weighted by atomic mass is 9.89. The smallest absolute Gasteiger partial charge is 0.265 e. The van der Waals surface area contributed by atoms with Crippen LogP contribution in [0.5, 0.6) is 0 Å². The third kappa shape index (κ3) is 5.77. The Morgan fingerprint density at radius 3 is 2.78 bits per heavy atom. The maximum Gasteiger partial charge on any atom is 0.265 e. The number of carbonyl (C=O) groups excluding carboxylic acids is 1. The molecule has 1 atom stereocenters. The van der Waals surface area contributed by atoms with Crippen molar-refractivity contribution in [2.24, 2.45) is 0 Å². The maximum absolute atomic E-state index is 13.0. The summed E-state index contributed by atoms with van der Waals surface area (Å²) in [6.07, 6.45) is 11.8. The molecule has 0 saturated heterocycles. The minimum Gasteiger partial charge on any atom is -0.331 e. The first kappa shape index (κ1) is 22.6. The van der Waals surface area contributed by atoms with Gasteiger partial charge in [0.05, 0.1) is 6.04 Å². The Balaban J connectivity index is 0.00000176. The van der Waals surface area contributed by atoms with E-state index in [0.717, 1.165) is 24.8 Å². The van der Waals surface area contributed by atoms with Crippen LogP contribution in [0.15, 0.2) is 53.1 Å². The van der Waals surface area contributed by atoms with E-state index in [4.69, 9.17) is 0 Å². The van der Waals surface area contributed by atoms with Crippen molar-refractivity contribution >= 4 is 23.3 Å². The lowest BCUT2D eigenvalue weighted by Gasteiger charge is -2.37. The van der Waals surface area contributed by atoms with Crippen molar-refractivity contribution in [2.45, 2.75) is 53.0 Å². The molecule has 0 aliphatic carbocycles. The van der Waals surface area contributed by atoms with Crippen molar-refractivity contribution in [2.75, 3.05) is 6.54 Å². The molecule has 2 rings (SSSR count). The normalized spacial score (nSPS) is 17.4. The molecule has 1 aromatic rings. The monoisotopic (exact) mass is 383 g/mol. The molecule has 0 saturated carbocycles. The highest BCUT2D eigenvalue weighted by molar-refractivity contribution is 7.10. The molecular formula is C22H29N3OS. The molecule has 144 valence electrons. The van der Waals surface area contributed by atoms with Crippen LogP contribution >= 0.6 is 11.3 Å². The predicted octanol–water partition coefficient (Wildman–Crippen LogP) is 5.54. The number of thiazole rings is 1. The maximum atomic E-state index is 13.0. The van der Waals surface area contributed by atoms with Crippen molar-refractivity contribution in [3.05, 3.63) is 58.1 Å². The van der Waals surface area contributed by atoms with E-state index in [1.54, 1.807) is 12.3 Å². The molecule has 5 heteroatoms. The van der Waals surface area contributed by atoms with E-state index in [2.05, 4.69) is 30.6 Å². The Morgan fingerprint density at radius 2 is 2.26 bits per heavy atom. The van der Waals surface area contributed by atoms with E-state index in [9.17, 15) is 10.1 Å². The highest BCUT2D eigenvalue weighted by atomic mass is 32.1. The zero-order valence-corrected chi connectivity index (χ0v) is 17.6. The first-order chi connectivity index (χ1) is 13.2. The third-order valence-electron chi connectivity index (χ3n) is 4.21. The molecule has 1 amide bonds. The van der Waals surface area contributed by atoms with Gasteiger partial charge in [0.15, 0.2) is 0 Å². The summed E-state index contributed by atoms with van der Waals surface area (Å²) in [5.74, 6) is -0.221. The molecule has 1 unspecified atom stereocenters. The standard InChI is InChI=1S/C20H23N3OS.C2H6/c1-4-7-17-15(6-3)9-11-23(18(17)8-5-2)20(24)16(14-21)13-19-22-10-12-25-19;1-2/h4,6-7,10,12-13,18H,3,5,8-9,11H2,1-2H3;1-2H3/b7-4-,16-13+;. The number of nitriles is 1.